The molecule has 0 amide bonds. The van der Waals surface area contributed by atoms with Gasteiger partial charge < -0.3 is 4.57 Å². The molecule has 0 aliphatic carbocycles. The molecule has 4 nitrogen and oxygen atoms in total. The highest BCUT2D eigenvalue weighted by atomic mass is 35.5. The first-order valence-corrected chi connectivity index (χ1v) is 9.77. The van der Waals surface area contributed by atoms with Crippen LogP contribution < -0.4 is 0 Å². The van der Waals surface area contributed by atoms with E-state index in [0.29, 0.717) is 48.3 Å². The Morgan fingerprint density at radius 1 is 1.07 bits per heavy atom. The van der Waals surface area contributed by atoms with Crippen LogP contribution in [0.4, 0.5) is 13.2 Å². The van der Waals surface area contributed by atoms with Gasteiger partial charge in [-0.2, -0.15) is 13.2 Å². The van der Waals surface area contributed by atoms with Crippen LogP contribution in [-0.2, 0) is 32.2 Å². The van der Waals surface area contributed by atoms with Crippen LogP contribution >= 0.6 is 23.2 Å². The Labute approximate surface area is 175 Å². The van der Waals surface area contributed by atoms with Crippen molar-refractivity contribution in [2.45, 2.75) is 32.2 Å². The van der Waals surface area contributed by atoms with E-state index in [0.717, 1.165) is 16.8 Å². The molecule has 2 aromatic heterocycles. The summed E-state index contributed by atoms with van der Waals surface area (Å²) in [6.07, 6.45) is -0.757. The van der Waals surface area contributed by atoms with Crippen molar-refractivity contribution in [3.8, 4) is 0 Å². The molecule has 1 aliphatic heterocycles. The molecule has 3 aromatic rings. The normalized spacial score (nSPS) is 14.8. The average Bonchev–Trinajstić information content (AvgIpc) is 3.10. The van der Waals surface area contributed by atoms with Crippen LogP contribution in [0.15, 0.2) is 42.7 Å². The first kappa shape index (κ1) is 20.2. The topological polar surface area (TPSA) is 34.0 Å². The summed E-state index contributed by atoms with van der Waals surface area (Å²) in [6.45, 7) is 2.49. The Balaban J connectivity index is 1.46. The smallest absolute Gasteiger partial charge is 0.346 e. The number of hydrogen-bond acceptors (Lipinski definition) is 3. The third kappa shape index (κ3) is 4.57. The molecule has 0 N–H and O–H groups in total. The van der Waals surface area contributed by atoms with E-state index in [1.54, 1.807) is 6.07 Å². The Bertz CT molecular complexity index is 1030. The lowest BCUT2D eigenvalue weighted by molar-refractivity contribution is -0.145. The van der Waals surface area contributed by atoms with Crippen LogP contribution in [0.5, 0.6) is 0 Å². The first-order valence-electron chi connectivity index (χ1n) is 9.02. The summed E-state index contributed by atoms with van der Waals surface area (Å²) < 4.78 is 40.5. The number of rotatable bonds is 4. The van der Waals surface area contributed by atoms with Gasteiger partial charge in [-0.15, -0.1) is 0 Å². The van der Waals surface area contributed by atoms with Gasteiger partial charge in [0.15, 0.2) is 0 Å². The molecular formula is C20H17Cl2F3N4. The zero-order chi connectivity index (χ0) is 20.6. The maximum absolute atomic E-state index is 12.8. The van der Waals surface area contributed by atoms with Gasteiger partial charge in [-0.3, -0.25) is 4.90 Å². The fourth-order valence-corrected chi connectivity index (χ4v) is 3.78. The SMILES string of the molecule is FC(F)(F)c1ncc2c(n1)CCN(Cc1cccn1Cc1ccc(Cl)c(Cl)c1)C2. The molecule has 0 saturated carbocycles. The summed E-state index contributed by atoms with van der Waals surface area (Å²) in [5, 5.41) is 1.04. The van der Waals surface area contributed by atoms with E-state index in [1.807, 2.05) is 30.5 Å². The van der Waals surface area contributed by atoms with E-state index < -0.39 is 12.0 Å². The predicted octanol–water partition coefficient (Wildman–Crippen LogP) is 5.21. The summed E-state index contributed by atoms with van der Waals surface area (Å²) in [7, 11) is 0. The summed E-state index contributed by atoms with van der Waals surface area (Å²) in [5.74, 6) is -1.07. The highest BCUT2D eigenvalue weighted by Crippen LogP contribution is 2.28. The third-order valence-electron chi connectivity index (χ3n) is 4.91. The number of benzene rings is 1. The van der Waals surface area contributed by atoms with Crippen LogP contribution in [0.1, 0.15) is 28.3 Å². The van der Waals surface area contributed by atoms with Gasteiger partial charge in [-0.05, 0) is 29.8 Å². The summed E-state index contributed by atoms with van der Waals surface area (Å²) in [5.41, 5.74) is 3.36. The van der Waals surface area contributed by atoms with Crippen molar-refractivity contribution in [3.63, 3.8) is 0 Å². The number of halogens is 5. The molecule has 0 fully saturated rings. The van der Waals surface area contributed by atoms with Crippen LogP contribution in [0.2, 0.25) is 10.0 Å². The van der Waals surface area contributed by atoms with Gasteiger partial charge in [-0.1, -0.05) is 29.3 Å². The molecule has 0 saturated heterocycles. The number of hydrogen-bond donors (Lipinski definition) is 0. The lowest BCUT2D eigenvalue weighted by atomic mass is 10.1. The standard InChI is InChI=1S/C20H17Cl2F3N4/c21-16-4-3-13(8-17(16)22)10-29-6-1-2-15(29)12-28-7-5-18-14(11-28)9-26-19(27-18)20(23,24)25/h1-4,6,8-9H,5,7,10-12H2. The van der Waals surface area contributed by atoms with Gasteiger partial charge in [0.05, 0.1) is 15.7 Å². The lowest BCUT2D eigenvalue weighted by Crippen LogP contribution is -2.32. The molecule has 1 aliphatic rings. The monoisotopic (exact) mass is 440 g/mol. The first-order chi connectivity index (χ1) is 13.8. The van der Waals surface area contributed by atoms with E-state index in [9.17, 15) is 13.2 Å². The van der Waals surface area contributed by atoms with Gasteiger partial charge in [-0.25, -0.2) is 9.97 Å². The van der Waals surface area contributed by atoms with E-state index >= 15 is 0 Å². The molecule has 9 heteroatoms. The molecule has 0 atom stereocenters. The van der Waals surface area contributed by atoms with Crippen molar-refractivity contribution in [3.05, 3.63) is 81.1 Å². The average molecular weight is 441 g/mol. The Morgan fingerprint density at radius 3 is 2.66 bits per heavy atom. The van der Waals surface area contributed by atoms with Gasteiger partial charge >= 0.3 is 6.18 Å². The Hall–Kier alpha value is -2.09. The lowest BCUT2D eigenvalue weighted by Gasteiger charge is -2.28. The van der Waals surface area contributed by atoms with Crippen molar-refractivity contribution < 1.29 is 13.2 Å². The number of fused-ring (bicyclic) bond motifs is 1. The Morgan fingerprint density at radius 2 is 1.90 bits per heavy atom. The van der Waals surface area contributed by atoms with Crippen LogP contribution in [0, 0.1) is 0 Å². The second-order valence-electron chi connectivity index (χ2n) is 7.00. The number of nitrogens with zero attached hydrogens (tertiary/aromatic N) is 4. The molecule has 1 aromatic carbocycles. The van der Waals surface area contributed by atoms with E-state index in [2.05, 4.69) is 19.4 Å². The minimum atomic E-state index is -4.52. The molecule has 0 unspecified atom stereocenters. The minimum absolute atomic E-state index is 0.467. The molecule has 29 heavy (non-hydrogen) atoms. The molecule has 0 radical (unpaired) electrons. The second kappa shape index (κ2) is 7.97. The molecule has 3 heterocycles. The highest BCUT2D eigenvalue weighted by Gasteiger charge is 2.35. The van der Waals surface area contributed by atoms with Gasteiger partial charge in [0.1, 0.15) is 0 Å². The van der Waals surface area contributed by atoms with Crippen molar-refractivity contribution in [2.75, 3.05) is 6.54 Å². The molecule has 152 valence electrons. The second-order valence-corrected chi connectivity index (χ2v) is 7.81. The zero-order valence-corrected chi connectivity index (χ0v) is 16.8. The maximum atomic E-state index is 12.8. The largest absolute Gasteiger partial charge is 0.451 e. The van der Waals surface area contributed by atoms with Crippen molar-refractivity contribution in [1.82, 2.24) is 19.4 Å². The van der Waals surface area contributed by atoms with Crippen molar-refractivity contribution in [2.24, 2.45) is 0 Å². The molecule has 0 spiro atoms. The van der Waals surface area contributed by atoms with Crippen molar-refractivity contribution in [1.29, 1.82) is 0 Å². The summed E-state index contributed by atoms with van der Waals surface area (Å²) in [6, 6.07) is 9.57. The number of alkyl halides is 3. The summed E-state index contributed by atoms with van der Waals surface area (Å²) in [4.78, 5) is 9.39. The van der Waals surface area contributed by atoms with Gasteiger partial charge in [0.25, 0.3) is 0 Å². The quantitative estimate of drug-likeness (QED) is 0.558. The maximum Gasteiger partial charge on any atom is 0.451 e. The molecule has 4 rings (SSSR count). The third-order valence-corrected chi connectivity index (χ3v) is 5.65. The van der Waals surface area contributed by atoms with E-state index in [4.69, 9.17) is 23.2 Å². The highest BCUT2D eigenvalue weighted by molar-refractivity contribution is 6.42. The fourth-order valence-electron chi connectivity index (χ4n) is 3.46. The number of aromatic nitrogens is 3. The van der Waals surface area contributed by atoms with E-state index in [-0.39, 0.29) is 0 Å². The predicted molar refractivity (Wildman–Crippen MR) is 105 cm³/mol. The van der Waals surface area contributed by atoms with E-state index in [1.165, 1.54) is 6.20 Å². The van der Waals surface area contributed by atoms with Crippen molar-refractivity contribution >= 4 is 23.2 Å². The van der Waals surface area contributed by atoms with Crippen LogP contribution in [0.3, 0.4) is 0 Å². The van der Waals surface area contributed by atoms with Gasteiger partial charge in [0.2, 0.25) is 5.82 Å². The van der Waals surface area contributed by atoms with Crippen LogP contribution in [0.25, 0.3) is 0 Å². The van der Waals surface area contributed by atoms with Gasteiger partial charge in [0, 0.05) is 56.3 Å². The Kier molecular flexibility index (Phi) is 5.55. The minimum Gasteiger partial charge on any atom is -0.346 e. The summed E-state index contributed by atoms with van der Waals surface area (Å²) >= 11 is 12.1. The molecule has 0 bridgehead atoms. The molecular weight excluding hydrogens is 424 g/mol. The fraction of sp³-hybridized carbons (Fsp3) is 0.300. The van der Waals surface area contributed by atoms with Crippen LogP contribution in [-0.4, -0.2) is 26.0 Å². The zero-order valence-electron chi connectivity index (χ0n) is 15.3.